The van der Waals surface area contributed by atoms with Crippen molar-refractivity contribution in [2.45, 2.75) is 55.9 Å². The van der Waals surface area contributed by atoms with Crippen molar-refractivity contribution < 1.29 is 18.3 Å². The van der Waals surface area contributed by atoms with Gasteiger partial charge in [-0.2, -0.15) is 0 Å². The number of rotatable bonds is 6. The number of ether oxygens (including phenoxy) is 1. The summed E-state index contributed by atoms with van der Waals surface area (Å²) in [4.78, 5) is 0.211. The third-order valence-electron chi connectivity index (χ3n) is 4.74. The van der Waals surface area contributed by atoms with Gasteiger partial charge in [0.25, 0.3) is 0 Å². The van der Waals surface area contributed by atoms with Gasteiger partial charge in [-0.05, 0) is 43.9 Å². The van der Waals surface area contributed by atoms with E-state index in [1.165, 1.54) is 0 Å². The van der Waals surface area contributed by atoms with Crippen molar-refractivity contribution in [3.63, 3.8) is 0 Å². The van der Waals surface area contributed by atoms with E-state index >= 15 is 0 Å². The zero-order chi connectivity index (χ0) is 18.6. The molecule has 1 saturated carbocycles. The number of sulfonamides is 1. The third kappa shape index (κ3) is 4.71. The van der Waals surface area contributed by atoms with Crippen molar-refractivity contribution in [3.05, 3.63) is 65.7 Å². The van der Waals surface area contributed by atoms with E-state index in [1.807, 2.05) is 37.3 Å². The first-order valence-electron chi connectivity index (χ1n) is 8.88. The Labute approximate surface area is 155 Å². The molecule has 0 amide bonds. The second-order valence-corrected chi connectivity index (χ2v) is 8.51. The van der Waals surface area contributed by atoms with Crippen LogP contribution in [-0.4, -0.2) is 31.8 Å². The third-order valence-corrected chi connectivity index (χ3v) is 6.25. The molecule has 0 aliphatic heterocycles. The summed E-state index contributed by atoms with van der Waals surface area (Å²) in [6.07, 6.45) is 0.869. The summed E-state index contributed by atoms with van der Waals surface area (Å²) in [6, 6.07) is 15.9. The Morgan fingerprint density at radius 3 is 2.46 bits per heavy atom. The van der Waals surface area contributed by atoms with Gasteiger partial charge in [0, 0.05) is 0 Å². The van der Waals surface area contributed by atoms with Crippen LogP contribution >= 0.6 is 0 Å². The molecule has 1 fully saturated rings. The van der Waals surface area contributed by atoms with E-state index in [1.54, 1.807) is 24.3 Å². The number of benzene rings is 2. The van der Waals surface area contributed by atoms with Crippen LogP contribution in [0.15, 0.2) is 59.5 Å². The zero-order valence-corrected chi connectivity index (χ0v) is 15.7. The van der Waals surface area contributed by atoms with Crippen molar-refractivity contribution in [3.8, 4) is 0 Å². The van der Waals surface area contributed by atoms with E-state index < -0.39 is 22.2 Å². The van der Waals surface area contributed by atoms with Crippen LogP contribution in [0.4, 0.5) is 0 Å². The van der Waals surface area contributed by atoms with Gasteiger partial charge in [-0.3, -0.25) is 0 Å². The number of aliphatic hydroxyl groups excluding tert-OH is 1. The fraction of sp³-hybridized carbons (Fsp3) is 0.400. The lowest BCUT2D eigenvalue weighted by Gasteiger charge is -2.34. The number of nitrogens with one attached hydrogen (secondary N) is 1. The minimum absolute atomic E-state index is 0.211. The molecular formula is C20H25NO4S. The van der Waals surface area contributed by atoms with Gasteiger partial charge in [-0.15, -0.1) is 0 Å². The molecule has 3 atom stereocenters. The molecule has 26 heavy (non-hydrogen) atoms. The fourth-order valence-electron chi connectivity index (χ4n) is 3.21. The average molecular weight is 375 g/mol. The number of hydrogen-bond donors (Lipinski definition) is 2. The van der Waals surface area contributed by atoms with E-state index in [4.69, 9.17) is 4.74 Å². The molecule has 6 heteroatoms. The molecule has 0 unspecified atom stereocenters. The maximum absolute atomic E-state index is 12.6. The van der Waals surface area contributed by atoms with Crippen LogP contribution in [0.1, 0.15) is 30.4 Å². The Hall–Kier alpha value is -1.73. The molecule has 2 aromatic rings. The second kappa shape index (κ2) is 8.31. The molecule has 1 aliphatic carbocycles. The molecule has 0 aromatic heterocycles. The van der Waals surface area contributed by atoms with Crippen LogP contribution in [0.3, 0.4) is 0 Å². The van der Waals surface area contributed by atoms with E-state index in [2.05, 4.69) is 4.72 Å². The molecule has 1 aliphatic rings. The summed E-state index contributed by atoms with van der Waals surface area (Å²) < 4.78 is 33.7. The maximum atomic E-state index is 12.6. The topological polar surface area (TPSA) is 75.6 Å². The van der Waals surface area contributed by atoms with Gasteiger partial charge in [0.15, 0.2) is 0 Å². The highest BCUT2D eigenvalue weighted by Crippen LogP contribution is 2.24. The highest BCUT2D eigenvalue weighted by atomic mass is 32.2. The smallest absolute Gasteiger partial charge is 0.240 e. The van der Waals surface area contributed by atoms with E-state index in [0.717, 1.165) is 24.0 Å². The largest absolute Gasteiger partial charge is 0.389 e. The van der Waals surface area contributed by atoms with Crippen molar-refractivity contribution in [1.82, 2.24) is 4.72 Å². The number of hydrogen-bond acceptors (Lipinski definition) is 4. The Morgan fingerprint density at radius 1 is 1.08 bits per heavy atom. The zero-order valence-electron chi connectivity index (χ0n) is 14.8. The lowest BCUT2D eigenvalue weighted by molar-refractivity contribution is -0.0764. The minimum atomic E-state index is -3.67. The normalized spacial score (nSPS) is 23.7. The minimum Gasteiger partial charge on any atom is -0.389 e. The van der Waals surface area contributed by atoms with Gasteiger partial charge in [-0.25, -0.2) is 13.1 Å². The molecule has 0 bridgehead atoms. The summed E-state index contributed by atoms with van der Waals surface area (Å²) >= 11 is 0. The lowest BCUT2D eigenvalue weighted by Crippen LogP contribution is -2.51. The van der Waals surface area contributed by atoms with Gasteiger partial charge < -0.3 is 9.84 Å². The lowest BCUT2D eigenvalue weighted by atomic mass is 9.90. The van der Waals surface area contributed by atoms with E-state index in [9.17, 15) is 13.5 Å². The van der Waals surface area contributed by atoms with E-state index in [-0.39, 0.29) is 11.0 Å². The average Bonchev–Trinajstić information content (AvgIpc) is 2.63. The molecular weight excluding hydrogens is 350 g/mol. The summed E-state index contributed by atoms with van der Waals surface area (Å²) in [6.45, 7) is 2.31. The Balaban J connectivity index is 1.63. The van der Waals surface area contributed by atoms with Gasteiger partial charge >= 0.3 is 0 Å². The van der Waals surface area contributed by atoms with E-state index in [0.29, 0.717) is 13.0 Å². The molecule has 0 spiro atoms. The summed E-state index contributed by atoms with van der Waals surface area (Å²) in [7, 11) is -3.67. The summed E-state index contributed by atoms with van der Waals surface area (Å²) in [5, 5.41) is 10.6. The molecule has 2 N–H and O–H groups in total. The van der Waals surface area contributed by atoms with Crippen molar-refractivity contribution >= 4 is 10.0 Å². The van der Waals surface area contributed by atoms with Crippen LogP contribution in [-0.2, 0) is 21.4 Å². The SMILES string of the molecule is Cc1ccc(S(=O)(=O)N[C@@H]2CCC[C@@H](OCc3ccccc3)[C@H]2O)cc1. The fourth-order valence-corrected chi connectivity index (χ4v) is 4.50. The highest BCUT2D eigenvalue weighted by molar-refractivity contribution is 7.89. The molecule has 5 nitrogen and oxygen atoms in total. The predicted octanol–water partition coefficient (Wildman–Crippen LogP) is 2.77. The predicted molar refractivity (Wildman–Crippen MR) is 100 cm³/mol. The first-order chi connectivity index (χ1) is 12.5. The molecule has 140 valence electrons. The van der Waals surface area contributed by atoms with Crippen LogP contribution in [0.2, 0.25) is 0 Å². The quantitative estimate of drug-likeness (QED) is 0.814. The Morgan fingerprint density at radius 2 is 1.77 bits per heavy atom. The van der Waals surface area contributed by atoms with Gasteiger partial charge in [0.2, 0.25) is 10.0 Å². The molecule has 3 rings (SSSR count). The highest BCUT2D eigenvalue weighted by Gasteiger charge is 2.35. The molecule has 2 aromatic carbocycles. The summed E-state index contributed by atoms with van der Waals surface area (Å²) in [5.74, 6) is 0. The van der Waals surface area contributed by atoms with Crippen LogP contribution in [0.5, 0.6) is 0 Å². The standard InChI is InChI=1S/C20H25NO4S/c1-15-10-12-17(13-11-15)26(23,24)21-18-8-5-9-19(20(18)22)25-14-16-6-3-2-4-7-16/h2-4,6-7,10-13,18-22H,5,8-9,14H2,1H3/t18-,19-,20+/m1/s1. The van der Waals surface area contributed by atoms with Gasteiger partial charge in [0.05, 0.1) is 29.8 Å². The van der Waals surface area contributed by atoms with Crippen LogP contribution in [0, 0.1) is 6.92 Å². The molecule has 0 radical (unpaired) electrons. The first-order valence-corrected chi connectivity index (χ1v) is 10.4. The van der Waals surface area contributed by atoms with Crippen LogP contribution < -0.4 is 4.72 Å². The molecule has 0 saturated heterocycles. The van der Waals surface area contributed by atoms with Crippen molar-refractivity contribution in [1.29, 1.82) is 0 Å². The first kappa shape index (κ1) is 19.0. The van der Waals surface area contributed by atoms with Gasteiger partial charge in [0.1, 0.15) is 0 Å². The van der Waals surface area contributed by atoms with Crippen molar-refractivity contribution in [2.75, 3.05) is 0 Å². The number of aryl methyl sites for hydroxylation is 1. The van der Waals surface area contributed by atoms with Gasteiger partial charge in [-0.1, -0.05) is 48.0 Å². The maximum Gasteiger partial charge on any atom is 0.240 e. The Kier molecular flexibility index (Phi) is 6.09. The van der Waals surface area contributed by atoms with Crippen molar-refractivity contribution in [2.24, 2.45) is 0 Å². The Bertz CT molecular complexity index is 805. The summed E-state index contributed by atoms with van der Waals surface area (Å²) in [5.41, 5.74) is 2.03. The second-order valence-electron chi connectivity index (χ2n) is 6.80. The monoisotopic (exact) mass is 375 g/mol. The molecule has 0 heterocycles. The van der Waals surface area contributed by atoms with Crippen LogP contribution in [0.25, 0.3) is 0 Å². The number of aliphatic hydroxyl groups is 1.